The number of benzene rings is 1. The van der Waals surface area contributed by atoms with Gasteiger partial charge in [-0.1, -0.05) is 42.1 Å². The maximum atomic E-state index is 12.2. The van der Waals surface area contributed by atoms with Gasteiger partial charge in [-0.25, -0.2) is 9.97 Å². The lowest BCUT2D eigenvalue weighted by atomic mass is 10.1. The second kappa shape index (κ2) is 7.79. The van der Waals surface area contributed by atoms with Crippen LogP contribution in [0.15, 0.2) is 70.6 Å². The molecule has 1 atom stereocenters. The van der Waals surface area contributed by atoms with Crippen LogP contribution in [-0.4, -0.2) is 21.1 Å². The smallest absolute Gasteiger partial charge is 0.233 e. The van der Waals surface area contributed by atoms with E-state index in [2.05, 4.69) is 15.3 Å². The van der Waals surface area contributed by atoms with Gasteiger partial charge in [-0.2, -0.15) is 0 Å². The Kier molecular flexibility index (Phi) is 5.28. The Bertz CT molecular complexity index is 791. The van der Waals surface area contributed by atoms with Crippen LogP contribution >= 0.6 is 11.8 Å². The highest BCUT2D eigenvalue weighted by Gasteiger charge is 2.15. The van der Waals surface area contributed by atoms with Crippen LogP contribution in [0.2, 0.25) is 0 Å². The van der Waals surface area contributed by atoms with Crippen molar-refractivity contribution in [3.05, 3.63) is 66.9 Å². The van der Waals surface area contributed by atoms with E-state index in [9.17, 15) is 4.79 Å². The van der Waals surface area contributed by atoms with Crippen LogP contribution in [0, 0.1) is 0 Å². The van der Waals surface area contributed by atoms with Gasteiger partial charge in [0.15, 0.2) is 0 Å². The van der Waals surface area contributed by atoms with E-state index >= 15 is 0 Å². The molecule has 24 heavy (non-hydrogen) atoms. The number of nitrogens with one attached hydrogen (secondary N) is 1. The molecule has 1 aromatic carbocycles. The zero-order valence-electron chi connectivity index (χ0n) is 13.2. The summed E-state index contributed by atoms with van der Waals surface area (Å²) in [5.41, 5.74) is 1.87. The van der Waals surface area contributed by atoms with Crippen LogP contribution in [0.1, 0.15) is 12.7 Å². The molecule has 3 aromatic rings. The lowest BCUT2D eigenvalue weighted by Gasteiger charge is -2.11. The van der Waals surface area contributed by atoms with Gasteiger partial charge >= 0.3 is 0 Å². The molecule has 122 valence electrons. The van der Waals surface area contributed by atoms with Gasteiger partial charge in [0.1, 0.15) is 17.1 Å². The van der Waals surface area contributed by atoms with Crippen LogP contribution in [0.5, 0.6) is 0 Å². The number of carbonyl (C=O) groups is 1. The quantitative estimate of drug-likeness (QED) is 0.549. The summed E-state index contributed by atoms with van der Waals surface area (Å²) in [6, 6.07) is 15.4. The van der Waals surface area contributed by atoms with Gasteiger partial charge in [0.05, 0.1) is 23.8 Å². The molecule has 0 radical (unpaired) electrons. The number of nitrogens with zero attached hydrogens (tertiary/aromatic N) is 2. The Morgan fingerprint density at radius 2 is 2.04 bits per heavy atom. The van der Waals surface area contributed by atoms with Gasteiger partial charge < -0.3 is 9.73 Å². The van der Waals surface area contributed by atoms with E-state index in [4.69, 9.17) is 4.42 Å². The van der Waals surface area contributed by atoms with Crippen LogP contribution in [0.3, 0.4) is 0 Å². The molecule has 0 fully saturated rings. The van der Waals surface area contributed by atoms with E-state index in [0.717, 1.165) is 22.0 Å². The van der Waals surface area contributed by atoms with E-state index in [1.807, 2.05) is 49.4 Å². The Morgan fingerprint density at radius 3 is 2.79 bits per heavy atom. The number of thioether (sulfide) groups is 1. The van der Waals surface area contributed by atoms with Crippen molar-refractivity contribution < 1.29 is 9.21 Å². The third-order valence-corrected chi connectivity index (χ3v) is 4.43. The Hall–Kier alpha value is -2.60. The molecule has 2 heterocycles. The first kappa shape index (κ1) is 16.3. The van der Waals surface area contributed by atoms with E-state index in [1.54, 1.807) is 12.3 Å². The first-order valence-corrected chi connectivity index (χ1v) is 8.44. The number of aromatic nitrogens is 2. The molecule has 0 aliphatic rings. The van der Waals surface area contributed by atoms with Crippen molar-refractivity contribution in [2.75, 3.05) is 0 Å². The summed E-state index contributed by atoms with van der Waals surface area (Å²) < 4.78 is 5.20. The van der Waals surface area contributed by atoms with Gasteiger partial charge in [-0.15, -0.1) is 0 Å². The van der Waals surface area contributed by atoms with Gasteiger partial charge in [0.25, 0.3) is 0 Å². The number of hydrogen-bond acceptors (Lipinski definition) is 5. The Morgan fingerprint density at radius 1 is 1.21 bits per heavy atom. The van der Waals surface area contributed by atoms with E-state index in [1.165, 1.54) is 18.1 Å². The summed E-state index contributed by atoms with van der Waals surface area (Å²) in [5.74, 6) is 0.672. The third-order valence-electron chi connectivity index (χ3n) is 3.40. The van der Waals surface area contributed by atoms with Gasteiger partial charge in [-0.05, 0) is 25.1 Å². The molecule has 0 aliphatic carbocycles. The standard InChI is InChI=1S/C18H17N3O2S/c1-13(18(22)19-11-15-8-5-9-23-15)24-17-10-16(20-12-21-17)14-6-3-2-4-7-14/h2-10,12-13H,11H2,1H3,(H,19,22)/t13-/m0/s1. The Balaban J connectivity index is 1.61. The van der Waals surface area contributed by atoms with Crippen molar-refractivity contribution in [3.63, 3.8) is 0 Å². The van der Waals surface area contributed by atoms with Crippen LogP contribution in [0.4, 0.5) is 0 Å². The van der Waals surface area contributed by atoms with Crippen LogP contribution in [-0.2, 0) is 11.3 Å². The fourth-order valence-electron chi connectivity index (χ4n) is 2.14. The summed E-state index contributed by atoms with van der Waals surface area (Å²) in [6.07, 6.45) is 3.11. The molecule has 1 N–H and O–H groups in total. The summed E-state index contributed by atoms with van der Waals surface area (Å²) in [5, 5.41) is 3.36. The summed E-state index contributed by atoms with van der Waals surface area (Å²) in [4.78, 5) is 20.7. The predicted molar refractivity (Wildman–Crippen MR) is 93.3 cm³/mol. The summed E-state index contributed by atoms with van der Waals surface area (Å²) in [6.45, 7) is 2.24. The molecule has 2 aromatic heterocycles. The molecule has 0 saturated heterocycles. The molecule has 1 amide bonds. The number of amides is 1. The predicted octanol–water partition coefficient (Wildman–Crippen LogP) is 3.53. The molecule has 0 bridgehead atoms. The normalized spacial score (nSPS) is 11.9. The summed E-state index contributed by atoms with van der Waals surface area (Å²) >= 11 is 1.40. The van der Waals surface area contributed by atoms with Crippen LogP contribution in [0.25, 0.3) is 11.3 Å². The van der Waals surface area contributed by atoms with Crippen LogP contribution < -0.4 is 5.32 Å². The lowest BCUT2D eigenvalue weighted by molar-refractivity contribution is -0.120. The number of rotatable bonds is 6. The monoisotopic (exact) mass is 339 g/mol. The van der Waals surface area contributed by atoms with Crippen molar-refractivity contribution in [1.82, 2.24) is 15.3 Å². The fourth-order valence-corrected chi connectivity index (χ4v) is 2.98. The Labute approximate surface area is 144 Å². The minimum atomic E-state index is -0.265. The first-order valence-electron chi connectivity index (χ1n) is 7.56. The van der Waals surface area contributed by atoms with Crippen molar-refractivity contribution in [1.29, 1.82) is 0 Å². The fraction of sp³-hybridized carbons (Fsp3) is 0.167. The minimum absolute atomic E-state index is 0.0590. The highest BCUT2D eigenvalue weighted by atomic mass is 32.2. The number of hydrogen-bond donors (Lipinski definition) is 1. The maximum Gasteiger partial charge on any atom is 0.233 e. The third kappa shape index (κ3) is 4.23. The van der Waals surface area contributed by atoms with Crippen molar-refractivity contribution >= 4 is 17.7 Å². The first-order chi connectivity index (χ1) is 11.7. The molecular weight excluding hydrogens is 322 g/mol. The second-order valence-corrected chi connectivity index (χ2v) is 6.53. The van der Waals surface area contributed by atoms with Crippen molar-refractivity contribution in [2.24, 2.45) is 0 Å². The average Bonchev–Trinajstić information content (AvgIpc) is 3.14. The molecule has 0 unspecified atom stereocenters. The van der Waals surface area contributed by atoms with Gasteiger partial charge in [0, 0.05) is 5.56 Å². The van der Waals surface area contributed by atoms with Crippen molar-refractivity contribution in [2.45, 2.75) is 23.7 Å². The molecule has 3 rings (SSSR count). The zero-order chi connectivity index (χ0) is 16.8. The largest absolute Gasteiger partial charge is 0.467 e. The number of furan rings is 1. The molecular formula is C18H17N3O2S. The van der Waals surface area contributed by atoms with Gasteiger partial charge in [0.2, 0.25) is 5.91 Å². The maximum absolute atomic E-state index is 12.2. The van der Waals surface area contributed by atoms with E-state index < -0.39 is 0 Å². The molecule has 0 spiro atoms. The number of carbonyl (C=O) groups excluding carboxylic acids is 1. The second-order valence-electron chi connectivity index (χ2n) is 5.16. The SMILES string of the molecule is C[C@H](Sc1cc(-c2ccccc2)ncn1)C(=O)NCc1ccco1. The topological polar surface area (TPSA) is 68.0 Å². The summed E-state index contributed by atoms with van der Waals surface area (Å²) in [7, 11) is 0. The highest BCUT2D eigenvalue weighted by molar-refractivity contribution is 8.00. The lowest BCUT2D eigenvalue weighted by Crippen LogP contribution is -2.30. The van der Waals surface area contributed by atoms with Gasteiger partial charge in [-0.3, -0.25) is 4.79 Å². The van der Waals surface area contributed by atoms with Crippen molar-refractivity contribution in [3.8, 4) is 11.3 Å². The van der Waals surface area contributed by atoms with E-state index in [-0.39, 0.29) is 11.2 Å². The highest BCUT2D eigenvalue weighted by Crippen LogP contribution is 2.25. The average molecular weight is 339 g/mol. The molecule has 5 nitrogen and oxygen atoms in total. The van der Waals surface area contributed by atoms with E-state index in [0.29, 0.717) is 6.54 Å². The zero-order valence-corrected chi connectivity index (χ0v) is 14.0. The molecule has 0 aliphatic heterocycles. The molecule has 0 saturated carbocycles. The molecule has 6 heteroatoms. The minimum Gasteiger partial charge on any atom is -0.467 e.